The van der Waals surface area contributed by atoms with Crippen LogP contribution in [0.25, 0.3) is 10.4 Å². The van der Waals surface area contributed by atoms with Crippen molar-refractivity contribution in [2.24, 2.45) is 11.8 Å². The number of β-amino-alcohol motifs (C(OH)–C–C–N with tert-alkyl or cyclic N) is 1. The van der Waals surface area contributed by atoms with E-state index in [1.165, 1.54) is 11.1 Å². The van der Waals surface area contributed by atoms with E-state index in [0.29, 0.717) is 58.7 Å². The molecule has 2 aromatic heterocycles. The molecular weight excluding hydrogens is 955 g/mol. The number of likely N-dealkylation sites (tertiary alicyclic amines) is 1. The highest BCUT2D eigenvalue weighted by molar-refractivity contribution is 8.00. The van der Waals surface area contributed by atoms with Crippen molar-refractivity contribution in [2.75, 3.05) is 69.8 Å². The Hall–Kier alpha value is -5.08. The van der Waals surface area contributed by atoms with Crippen LogP contribution in [-0.2, 0) is 20.9 Å². The van der Waals surface area contributed by atoms with Crippen LogP contribution in [0, 0.1) is 18.8 Å². The second-order valence-electron chi connectivity index (χ2n) is 19.5. The van der Waals surface area contributed by atoms with E-state index in [-0.39, 0.29) is 38.3 Å². The molecule has 2 aliphatic carbocycles. The number of ether oxygens (including phenoxy) is 1. The molecule has 4 amide bonds. The standard InChI is InChI=1S/C50H64ClFN10O6S2/c1-30-41(69-29-56-30)34-12-10-31(11-13-34)24-54-44(64)39-23-36(63)27-62(39)46(66)42(58-47(67)50(52)16-17-50)49(2,3)70-28-33-8-6-32(7-9-33)26-60-18-20-61(21-19-60)45(65)35-14-15-38(40(22-35)68-5)57-48-55-25-37(51)43(53-4)59-48/h10-15,22,25,29,32-33,36,39,42,63H,6-9,16-21,23-24,26-28H2,1-5H3,(H,54,64)(H,58,67)(H2,53,55,57,59)/t32?,33?,36-,39-,42?/m1/s1. The van der Waals surface area contributed by atoms with Crippen LogP contribution in [0.3, 0.4) is 0 Å². The van der Waals surface area contributed by atoms with E-state index in [9.17, 15) is 24.3 Å². The van der Waals surface area contributed by atoms with Gasteiger partial charge in [0.1, 0.15) is 28.7 Å². The average Bonchev–Trinajstić information content (AvgIpc) is 3.77. The summed E-state index contributed by atoms with van der Waals surface area (Å²) in [5.74, 6) is 1.24. The van der Waals surface area contributed by atoms with Crippen LogP contribution in [0.2, 0.25) is 5.02 Å². The fourth-order valence-corrected chi connectivity index (χ4v) is 11.9. The average molecular weight is 1020 g/mol. The summed E-state index contributed by atoms with van der Waals surface area (Å²) >= 11 is 9.30. The Morgan fingerprint density at radius 2 is 1.74 bits per heavy atom. The zero-order valence-electron chi connectivity index (χ0n) is 40.4. The van der Waals surface area contributed by atoms with Gasteiger partial charge < -0.3 is 40.9 Å². The second-order valence-corrected chi connectivity index (χ2v) is 22.5. The quantitative estimate of drug-likeness (QED) is 0.0708. The predicted octanol–water partition coefficient (Wildman–Crippen LogP) is 6.70. The number of nitrogens with one attached hydrogen (secondary N) is 4. The topological polar surface area (TPSA) is 194 Å². The van der Waals surface area contributed by atoms with Crippen molar-refractivity contribution in [3.8, 4) is 16.2 Å². The van der Waals surface area contributed by atoms with Crippen molar-refractivity contribution in [3.63, 3.8) is 0 Å². The lowest BCUT2D eigenvalue weighted by Crippen LogP contribution is -2.61. The molecule has 20 heteroatoms. The molecule has 0 spiro atoms. The molecule has 2 saturated carbocycles. The third-order valence-corrected chi connectivity index (χ3v) is 17.0. The van der Waals surface area contributed by atoms with Crippen molar-refractivity contribution in [2.45, 2.75) is 101 Å². The van der Waals surface area contributed by atoms with E-state index in [1.807, 2.05) is 55.4 Å². The van der Waals surface area contributed by atoms with Gasteiger partial charge in [0.05, 0.1) is 41.2 Å². The lowest BCUT2D eigenvalue weighted by Gasteiger charge is -2.40. The van der Waals surface area contributed by atoms with Gasteiger partial charge >= 0.3 is 0 Å². The number of rotatable bonds is 18. The maximum atomic E-state index is 15.2. The molecule has 0 radical (unpaired) electrons. The lowest BCUT2D eigenvalue weighted by atomic mass is 9.82. The molecule has 8 rings (SSSR count). The Morgan fingerprint density at radius 1 is 1.03 bits per heavy atom. The van der Waals surface area contributed by atoms with E-state index in [1.54, 1.807) is 55.5 Å². The first-order valence-electron chi connectivity index (χ1n) is 24.1. The number of alkyl halides is 1. The van der Waals surface area contributed by atoms with E-state index in [0.717, 1.165) is 72.8 Å². The maximum absolute atomic E-state index is 15.2. The third-order valence-electron chi connectivity index (χ3n) is 14.1. The normalized spacial score (nSPS) is 21.7. The summed E-state index contributed by atoms with van der Waals surface area (Å²) in [6.45, 7) is 9.71. The van der Waals surface area contributed by atoms with Crippen LogP contribution in [0.5, 0.6) is 5.75 Å². The highest BCUT2D eigenvalue weighted by Gasteiger charge is 2.54. The summed E-state index contributed by atoms with van der Waals surface area (Å²) in [5, 5.41) is 23.0. The highest BCUT2D eigenvalue weighted by atomic mass is 35.5. The van der Waals surface area contributed by atoms with E-state index < -0.39 is 46.3 Å². The van der Waals surface area contributed by atoms with Gasteiger partial charge in [0.2, 0.25) is 17.8 Å². The van der Waals surface area contributed by atoms with Gasteiger partial charge in [0.15, 0.2) is 5.67 Å². The maximum Gasteiger partial charge on any atom is 0.258 e. The largest absolute Gasteiger partial charge is 0.495 e. The number of nitrogens with zero attached hydrogens (tertiary/aromatic N) is 6. The second kappa shape index (κ2) is 22.1. The molecule has 70 heavy (non-hydrogen) atoms. The van der Waals surface area contributed by atoms with E-state index >= 15 is 4.39 Å². The predicted molar refractivity (Wildman–Crippen MR) is 272 cm³/mol. The summed E-state index contributed by atoms with van der Waals surface area (Å²) in [6.07, 6.45) is 5.01. The number of aliphatic hydroxyl groups is 1. The zero-order valence-corrected chi connectivity index (χ0v) is 42.8. The van der Waals surface area contributed by atoms with Gasteiger partial charge in [-0.15, -0.1) is 11.3 Å². The Morgan fingerprint density at radius 3 is 2.40 bits per heavy atom. The summed E-state index contributed by atoms with van der Waals surface area (Å²) in [7, 11) is 3.28. The number of halogens is 2. The molecule has 1 unspecified atom stereocenters. The number of aromatic nitrogens is 3. The van der Waals surface area contributed by atoms with Crippen molar-refractivity contribution >= 4 is 75.8 Å². The third kappa shape index (κ3) is 12.1. The number of aliphatic hydroxyl groups excluding tert-OH is 1. The smallest absolute Gasteiger partial charge is 0.258 e. The molecule has 0 bridgehead atoms. The molecule has 3 atom stereocenters. The first kappa shape index (κ1) is 51.3. The van der Waals surface area contributed by atoms with Gasteiger partial charge in [-0.05, 0) is 106 Å². The Labute approximate surface area is 422 Å². The number of piperazine rings is 1. The van der Waals surface area contributed by atoms with Crippen molar-refractivity contribution in [1.82, 2.24) is 40.3 Å². The molecule has 5 N–H and O–H groups in total. The van der Waals surface area contributed by atoms with Crippen molar-refractivity contribution in [1.29, 1.82) is 0 Å². The number of carbonyl (C=O) groups is 4. The summed E-state index contributed by atoms with van der Waals surface area (Å²) in [5.41, 5.74) is 3.84. The fourth-order valence-electron chi connectivity index (χ4n) is 9.59. The van der Waals surface area contributed by atoms with E-state index in [4.69, 9.17) is 16.3 Å². The number of benzene rings is 2. The monoisotopic (exact) mass is 1020 g/mol. The Bertz CT molecular complexity index is 2510. The Balaban J connectivity index is 0.808. The molecule has 4 aromatic rings. The number of thioether (sulfide) groups is 1. The van der Waals surface area contributed by atoms with Gasteiger partial charge in [0.25, 0.3) is 11.8 Å². The van der Waals surface area contributed by atoms with Gasteiger partial charge in [-0.1, -0.05) is 35.9 Å². The molecule has 2 saturated heterocycles. The summed E-state index contributed by atoms with van der Waals surface area (Å²) < 4.78 is 19.9. The number of carbonyl (C=O) groups excluding carboxylic acids is 4. The number of aryl methyl sites for hydroxylation is 1. The fraction of sp³-hybridized carbons (Fsp3) is 0.540. The van der Waals surface area contributed by atoms with Crippen molar-refractivity contribution < 1.29 is 33.4 Å². The molecule has 16 nitrogen and oxygen atoms in total. The van der Waals surface area contributed by atoms with Gasteiger partial charge in [-0.3, -0.25) is 24.1 Å². The van der Waals surface area contributed by atoms with Gasteiger partial charge in [-0.25, -0.2) is 14.4 Å². The number of anilines is 3. The Kier molecular flexibility index (Phi) is 16.2. The van der Waals surface area contributed by atoms with Crippen LogP contribution in [0.15, 0.2) is 54.2 Å². The minimum absolute atomic E-state index is 0.0505. The lowest BCUT2D eigenvalue weighted by molar-refractivity contribution is -0.143. The number of methoxy groups -OCH3 is 1. The number of hydrogen-bond donors (Lipinski definition) is 5. The molecule has 376 valence electrons. The van der Waals surface area contributed by atoms with Crippen LogP contribution in [0.1, 0.15) is 80.4 Å². The SMILES string of the molecule is CNc1nc(Nc2ccc(C(=O)N3CCN(CC4CCC(CSC(C)(C)C(NC(=O)C5(F)CC5)C(=O)N5C[C@H](O)C[C@@H]5C(=O)NCc5ccc(-c6scnc6C)cc5)CC4)CC3)cc2OC)ncc1Cl. The molecular formula is C50H64ClFN10O6S2. The number of amides is 4. The van der Waals surface area contributed by atoms with Crippen LogP contribution < -0.4 is 26.0 Å². The number of hydrogen-bond acceptors (Lipinski definition) is 14. The molecule has 2 aromatic carbocycles. The minimum atomic E-state index is -2.00. The molecule has 4 fully saturated rings. The van der Waals surface area contributed by atoms with Gasteiger partial charge in [0, 0.05) is 69.6 Å². The highest BCUT2D eigenvalue weighted by Crippen LogP contribution is 2.42. The molecule has 2 aliphatic heterocycles. The van der Waals surface area contributed by atoms with Gasteiger partial charge in [-0.2, -0.15) is 16.7 Å². The number of thiazole rings is 1. The van der Waals surface area contributed by atoms with E-state index in [2.05, 4.69) is 41.1 Å². The first-order chi connectivity index (χ1) is 33.5. The minimum Gasteiger partial charge on any atom is -0.495 e. The molecule has 4 heterocycles. The zero-order chi connectivity index (χ0) is 49.7. The van der Waals surface area contributed by atoms with Crippen LogP contribution >= 0.6 is 34.7 Å². The molecule has 4 aliphatic rings. The first-order valence-corrected chi connectivity index (χ1v) is 26.3. The summed E-state index contributed by atoms with van der Waals surface area (Å²) in [6, 6.07) is 11.1. The summed E-state index contributed by atoms with van der Waals surface area (Å²) in [4.78, 5) is 74.9. The van der Waals surface area contributed by atoms with Crippen LogP contribution in [-0.4, -0.2) is 146 Å². The van der Waals surface area contributed by atoms with Crippen molar-refractivity contribution in [3.05, 3.63) is 76.0 Å². The van der Waals surface area contributed by atoms with Crippen LogP contribution in [0.4, 0.5) is 21.8 Å².